The minimum absolute atomic E-state index is 0.00206. The maximum absolute atomic E-state index is 13.5. The second kappa shape index (κ2) is 7.25. The number of rotatable bonds is 5. The lowest BCUT2D eigenvalue weighted by Crippen LogP contribution is -2.25. The number of hydrogen-bond donors (Lipinski definition) is 2. The van der Waals surface area contributed by atoms with Crippen LogP contribution in [-0.4, -0.2) is 17.0 Å². The van der Waals surface area contributed by atoms with Crippen molar-refractivity contribution in [2.24, 2.45) is 10.7 Å². The van der Waals surface area contributed by atoms with E-state index in [0.29, 0.717) is 5.88 Å². The van der Waals surface area contributed by atoms with Crippen LogP contribution in [0.2, 0.25) is 0 Å². The van der Waals surface area contributed by atoms with E-state index in [2.05, 4.69) is 15.3 Å². The molecule has 7 heteroatoms. The zero-order valence-electron chi connectivity index (χ0n) is 13.0. The molecule has 0 aliphatic heterocycles. The summed E-state index contributed by atoms with van der Waals surface area (Å²) in [6.07, 6.45) is 5.20. The lowest BCUT2D eigenvalue weighted by Gasteiger charge is -2.25. The van der Waals surface area contributed by atoms with Gasteiger partial charge in [0, 0.05) is 18.3 Å². The van der Waals surface area contributed by atoms with Crippen molar-refractivity contribution >= 4 is 11.6 Å². The molecule has 5 nitrogen and oxygen atoms in total. The molecule has 2 aromatic rings. The first kappa shape index (κ1) is 16.2. The summed E-state index contributed by atoms with van der Waals surface area (Å²) < 4.78 is 32.4. The maximum atomic E-state index is 13.5. The highest BCUT2D eigenvalue weighted by Gasteiger charge is 2.19. The number of benzene rings is 1. The van der Waals surface area contributed by atoms with Crippen LogP contribution in [0.3, 0.4) is 0 Å². The van der Waals surface area contributed by atoms with Gasteiger partial charge in [-0.15, -0.1) is 0 Å². The maximum Gasteiger partial charge on any atom is 0.213 e. The third-order valence-corrected chi connectivity index (χ3v) is 3.76. The fourth-order valence-corrected chi connectivity index (χ4v) is 2.22. The number of ether oxygens (including phenoxy) is 1. The Labute approximate surface area is 138 Å². The molecule has 1 aliphatic rings. The number of guanidine groups is 1. The Hall–Kier alpha value is -2.70. The molecule has 0 atom stereocenters. The standard InChI is InChI=1S/C17H18F2N4O/c18-12-4-5-14(19)15(9-12)23-17(20)22-10-11-6-7-21-16(8-11)24-13-2-1-3-13/h4-9,13H,1-3,10H2,(H3,20,22,23). The monoisotopic (exact) mass is 332 g/mol. The van der Waals surface area contributed by atoms with Crippen molar-refractivity contribution in [3.05, 3.63) is 53.7 Å². The van der Waals surface area contributed by atoms with Crippen LogP contribution in [0, 0.1) is 11.6 Å². The number of pyridine rings is 1. The SMILES string of the molecule is NC(=NCc1ccnc(OC2CCC2)c1)Nc1cc(F)ccc1F. The summed E-state index contributed by atoms with van der Waals surface area (Å²) in [5.41, 5.74) is 6.53. The van der Waals surface area contributed by atoms with E-state index in [4.69, 9.17) is 10.5 Å². The van der Waals surface area contributed by atoms with Gasteiger partial charge in [-0.25, -0.2) is 18.8 Å². The first-order valence-electron chi connectivity index (χ1n) is 7.74. The van der Waals surface area contributed by atoms with Crippen molar-refractivity contribution in [3.8, 4) is 5.88 Å². The molecular weight excluding hydrogens is 314 g/mol. The van der Waals surface area contributed by atoms with Crippen molar-refractivity contribution in [3.63, 3.8) is 0 Å². The molecule has 0 bridgehead atoms. The predicted molar refractivity (Wildman–Crippen MR) is 87.8 cm³/mol. The Balaban J connectivity index is 1.61. The number of nitrogens with two attached hydrogens (primary N) is 1. The van der Waals surface area contributed by atoms with Crippen molar-refractivity contribution in [2.75, 3.05) is 5.32 Å². The van der Waals surface area contributed by atoms with Crippen LogP contribution in [0.4, 0.5) is 14.5 Å². The molecule has 0 amide bonds. The fraction of sp³-hybridized carbons (Fsp3) is 0.294. The van der Waals surface area contributed by atoms with E-state index in [-0.39, 0.29) is 24.3 Å². The molecule has 0 radical (unpaired) electrons. The Morgan fingerprint density at radius 2 is 2.12 bits per heavy atom. The molecule has 3 N–H and O–H groups in total. The minimum Gasteiger partial charge on any atom is -0.474 e. The van der Waals surface area contributed by atoms with E-state index in [1.165, 1.54) is 6.42 Å². The van der Waals surface area contributed by atoms with Gasteiger partial charge in [-0.3, -0.25) is 0 Å². The lowest BCUT2D eigenvalue weighted by atomic mass is 9.96. The number of halogens is 2. The first-order valence-corrected chi connectivity index (χ1v) is 7.74. The highest BCUT2D eigenvalue weighted by atomic mass is 19.1. The summed E-state index contributed by atoms with van der Waals surface area (Å²) in [5.74, 6) is -0.596. The summed E-state index contributed by atoms with van der Waals surface area (Å²) in [7, 11) is 0. The highest BCUT2D eigenvalue weighted by Crippen LogP contribution is 2.24. The smallest absolute Gasteiger partial charge is 0.213 e. The van der Waals surface area contributed by atoms with Crippen LogP contribution in [0.5, 0.6) is 5.88 Å². The minimum atomic E-state index is -0.602. The molecule has 0 saturated heterocycles. The number of nitrogens with one attached hydrogen (secondary N) is 1. The third-order valence-electron chi connectivity index (χ3n) is 3.76. The van der Waals surface area contributed by atoms with Gasteiger partial charge < -0.3 is 15.8 Å². The average Bonchev–Trinajstić information content (AvgIpc) is 2.53. The van der Waals surface area contributed by atoms with Crippen molar-refractivity contribution in [2.45, 2.75) is 31.9 Å². The molecule has 0 unspecified atom stereocenters. The van der Waals surface area contributed by atoms with Gasteiger partial charge in [-0.2, -0.15) is 0 Å². The average molecular weight is 332 g/mol. The number of anilines is 1. The van der Waals surface area contributed by atoms with Crippen LogP contribution in [0.1, 0.15) is 24.8 Å². The van der Waals surface area contributed by atoms with E-state index in [0.717, 1.165) is 36.6 Å². The van der Waals surface area contributed by atoms with Gasteiger partial charge in [0.25, 0.3) is 0 Å². The van der Waals surface area contributed by atoms with Crippen molar-refractivity contribution < 1.29 is 13.5 Å². The number of aliphatic imine (C=N–C) groups is 1. The number of nitrogens with zero attached hydrogens (tertiary/aromatic N) is 2. The number of aromatic nitrogens is 1. The van der Waals surface area contributed by atoms with E-state index in [1.54, 1.807) is 18.3 Å². The van der Waals surface area contributed by atoms with E-state index >= 15 is 0 Å². The van der Waals surface area contributed by atoms with Crippen LogP contribution >= 0.6 is 0 Å². The van der Waals surface area contributed by atoms with Crippen LogP contribution < -0.4 is 15.8 Å². The van der Waals surface area contributed by atoms with E-state index < -0.39 is 11.6 Å². The Kier molecular flexibility index (Phi) is 4.88. The summed E-state index contributed by atoms with van der Waals surface area (Å²) in [4.78, 5) is 8.29. The molecule has 1 heterocycles. The van der Waals surface area contributed by atoms with E-state index in [9.17, 15) is 8.78 Å². The largest absolute Gasteiger partial charge is 0.474 e. The molecule has 1 fully saturated rings. The topological polar surface area (TPSA) is 72.5 Å². The quantitative estimate of drug-likeness (QED) is 0.651. The van der Waals surface area contributed by atoms with Crippen LogP contribution in [0.15, 0.2) is 41.5 Å². The Bertz CT molecular complexity index is 747. The third kappa shape index (κ3) is 4.18. The fourth-order valence-electron chi connectivity index (χ4n) is 2.22. The summed E-state index contributed by atoms with van der Waals surface area (Å²) in [5, 5.41) is 2.55. The molecule has 1 aliphatic carbocycles. The normalized spacial score (nSPS) is 15.0. The second-order valence-corrected chi connectivity index (χ2v) is 5.62. The lowest BCUT2D eigenvalue weighted by molar-refractivity contribution is 0.114. The van der Waals surface area contributed by atoms with Crippen LogP contribution in [-0.2, 0) is 6.54 Å². The van der Waals surface area contributed by atoms with Gasteiger partial charge in [0.15, 0.2) is 5.96 Å². The number of hydrogen-bond acceptors (Lipinski definition) is 3. The van der Waals surface area contributed by atoms with Gasteiger partial charge >= 0.3 is 0 Å². The molecule has 0 spiro atoms. The molecular formula is C17H18F2N4O. The van der Waals surface area contributed by atoms with Gasteiger partial charge in [0.1, 0.15) is 17.7 Å². The molecule has 3 rings (SSSR count). The van der Waals surface area contributed by atoms with Crippen molar-refractivity contribution in [1.82, 2.24) is 4.98 Å². The molecule has 126 valence electrons. The highest BCUT2D eigenvalue weighted by molar-refractivity contribution is 5.92. The molecule has 1 aromatic carbocycles. The van der Waals surface area contributed by atoms with Gasteiger partial charge in [-0.05, 0) is 43.0 Å². The molecule has 1 aromatic heterocycles. The van der Waals surface area contributed by atoms with Crippen molar-refractivity contribution in [1.29, 1.82) is 0 Å². The zero-order valence-corrected chi connectivity index (χ0v) is 13.0. The summed E-state index contributed by atoms with van der Waals surface area (Å²) in [6.45, 7) is 0.277. The zero-order chi connectivity index (χ0) is 16.9. The first-order chi connectivity index (χ1) is 11.6. The van der Waals surface area contributed by atoms with E-state index in [1.807, 2.05) is 0 Å². The molecule has 24 heavy (non-hydrogen) atoms. The second-order valence-electron chi connectivity index (χ2n) is 5.62. The van der Waals surface area contributed by atoms with Crippen LogP contribution in [0.25, 0.3) is 0 Å². The Morgan fingerprint density at radius 3 is 2.88 bits per heavy atom. The van der Waals surface area contributed by atoms with Gasteiger partial charge in [0.05, 0.1) is 12.2 Å². The van der Waals surface area contributed by atoms with Gasteiger partial charge in [-0.1, -0.05) is 0 Å². The van der Waals surface area contributed by atoms with Gasteiger partial charge in [0.2, 0.25) is 5.88 Å². The summed E-state index contributed by atoms with van der Waals surface area (Å²) in [6, 6.07) is 6.69. The predicted octanol–water partition coefficient (Wildman–Crippen LogP) is 3.22. The Morgan fingerprint density at radius 1 is 1.29 bits per heavy atom. The molecule has 1 saturated carbocycles. The summed E-state index contributed by atoms with van der Waals surface area (Å²) >= 11 is 0.